The SMILES string of the molecule is O=C(Nc1ccc(N2CCCS2(=O)=O)cc1)c1ccc(F)c(F)c1F. The van der Waals surface area contributed by atoms with E-state index in [0.717, 1.165) is 6.07 Å². The Labute approximate surface area is 142 Å². The first-order valence-electron chi connectivity index (χ1n) is 7.35. The van der Waals surface area contributed by atoms with E-state index in [1.165, 1.54) is 28.6 Å². The molecule has 3 rings (SSSR count). The van der Waals surface area contributed by atoms with Crippen LogP contribution < -0.4 is 9.62 Å². The summed E-state index contributed by atoms with van der Waals surface area (Å²) in [4.78, 5) is 12.0. The van der Waals surface area contributed by atoms with Crippen molar-refractivity contribution in [1.82, 2.24) is 0 Å². The molecule has 2 aromatic carbocycles. The van der Waals surface area contributed by atoms with Gasteiger partial charge in [-0.05, 0) is 42.8 Å². The van der Waals surface area contributed by atoms with Gasteiger partial charge in [0.15, 0.2) is 17.5 Å². The molecule has 1 aliphatic heterocycles. The fraction of sp³-hybridized carbons (Fsp3) is 0.188. The fourth-order valence-corrected chi connectivity index (χ4v) is 4.10. The van der Waals surface area contributed by atoms with Gasteiger partial charge in [0.1, 0.15) is 0 Å². The lowest BCUT2D eigenvalue weighted by atomic mass is 10.1. The number of amides is 1. The van der Waals surface area contributed by atoms with Crippen molar-refractivity contribution in [2.24, 2.45) is 0 Å². The van der Waals surface area contributed by atoms with Gasteiger partial charge in [-0.25, -0.2) is 21.6 Å². The van der Waals surface area contributed by atoms with E-state index in [1.807, 2.05) is 0 Å². The van der Waals surface area contributed by atoms with E-state index in [0.29, 0.717) is 24.7 Å². The Morgan fingerprint density at radius 1 is 1.00 bits per heavy atom. The first kappa shape index (κ1) is 17.3. The molecule has 9 heteroatoms. The molecule has 0 aliphatic carbocycles. The van der Waals surface area contributed by atoms with Crippen molar-refractivity contribution in [2.75, 3.05) is 21.9 Å². The van der Waals surface area contributed by atoms with Gasteiger partial charge in [0.05, 0.1) is 17.0 Å². The fourth-order valence-electron chi connectivity index (χ4n) is 2.54. The molecular formula is C16H13F3N2O3S. The van der Waals surface area contributed by atoms with E-state index in [9.17, 15) is 26.4 Å². The number of hydrogen-bond acceptors (Lipinski definition) is 3. The molecular weight excluding hydrogens is 357 g/mol. The minimum atomic E-state index is -3.31. The van der Waals surface area contributed by atoms with Crippen LogP contribution in [0.2, 0.25) is 0 Å². The van der Waals surface area contributed by atoms with E-state index in [1.54, 1.807) is 0 Å². The summed E-state index contributed by atoms with van der Waals surface area (Å²) < 4.78 is 64.7. The normalized spacial score (nSPS) is 16.0. The standard InChI is InChI=1S/C16H13F3N2O3S/c17-13-7-6-12(14(18)15(13)19)16(22)20-10-2-4-11(5-3-10)21-8-1-9-25(21,23)24/h2-7H,1,8-9H2,(H,20,22). The van der Waals surface area contributed by atoms with Crippen LogP contribution in [0.4, 0.5) is 24.5 Å². The van der Waals surface area contributed by atoms with E-state index < -0.39 is 38.9 Å². The molecule has 132 valence electrons. The van der Waals surface area contributed by atoms with Crippen molar-refractivity contribution in [2.45, 2.75) is 6.42 Å². The number of nitrogens with zero attached hydrogens (tertiary/aromatic N) is 1. The summed E-state index contributed by atoms with van der Waals surface area (Å²) in [6.45, 7) is 0.383. The average Bonchev–Trinajstić information content (AvgIpc) is 2.92. The van der Waals surface area contributed by atoms with Crippen LogP contribution in [0.5, 0.6) is 0 Å². The Morgan fingerprint density at radius 3 is 2.28 bits per heavy atom. The molecule has 1 amide bonds. The largest absolute Gasteiger partial charge is 0.322 e. The highest BCUT2D eigenvalue weighted by Crippen LogP contribution is 2.25. The number of anilines is 2. The van der Waals surface area contributed by atoms with Gasteiger partial charge in [0.25, 0.3) is 5.91 Å². The minimum Gasteiger partial charge on any atom is -0.322 e. The molecule has 1 fully saturated rings. The summed E-state index contributed by atoms with van der Waals surface area (Å²) >= 11 is 0. The highest BCUT2D eigenvalue weighted by molar-refractivity contribution is 7.93. The molecule has 0 unspecified atom stereocenters. The molecule has 0 spiro atoms. The van der Waals surface area contributed by atoms with Crippen LogP contribution in [0, 0.1) is 17.5 Å². The quantitative estimate of drug-likeness (QED) is 0.845. The predicted molar refractivity (Wildman–Crippen MR) is 86.5 cm³/mol. The van der Waals surface area contributed by atoms with Crippen LogP contribution in [0.3, 0.4) is 0 Å². The van der Waals surface area contributed by atoms with E-state index >= 15 is 0 Å². The third kappa shape index (κ3) is 3.32. The van der Waals surface area contributed by atoms with Gasteiger partial charge in [0.2, 0.25) is 10.0 Å². The van der Waals surface area contributed by atoms with Gasteiger partial charge in [-0.1, -0.05) is 0 Å². The number of halogens is 3. The predicted octanol–water partition coefficient (Wildman–Crippen LogP) is 2.90. The van der Waals surface area contributed by atoms with Crippen LogP contribution in [0.1, 0.15) is 16.8 Å². The van der Waals surface area contributed by atoms with Crippen molar-refractivity contribution in [3.8, 4) is 0 Å². The topological polar surface area (TPSA) is 66.5 Å². The maximum absolute atomic E-state index is 13.6. The average molecular weight is 370 g/mol. The monoisotopic (exact) mass is 370 g/mol. The Kier molecular flexibility index (Phi) is 4.42. The highest BCUT2D eigenvalue weighted by Gasteiger charge is 2.28. The Morgan fingerprint density at radius 2 is 1.68 bits per heavy atom. The number of benzene rings is 2. The third-order valence-electron chi connectivity index (χ3n) is 3.79. The maximum Gasteiger partial charge on any atom is 0.258 e. The van der Waals surface area contributed by atoms with Crippen molar-refractivity contribution < 1.29 is 26.4 Å². The molecule has 0 atom stereocenters. The highest BCUT2D eigenvalue weighted by atomic mass is 32.2. The van der Waals surface area contributed by atoms with Gasteiger partial charge in [-0.3, -0.25) is 9.10 Å². The van der Waals surface area contributed by atoms with E-state index in [2.05, 4.69) is 5.32 Å². The molecule has 0 saturated carbocycles. The minimum absolute atomic E-state index is 0.0842. The van der Waals surface area contributed by atoms with E-state index in [4.69, 9.17) is 0 Å². The Hall–Kier alpha value is -2.55. The zero-order valence-electron chi connectivity index (χ0n) is 12.8. The molecule has 0 bridgehead atoms. The molecule has 2 aromatic rings. The van der Waals surface area contributed by atoms with E-state index in [-0.39, 0.29) is 11.4 Å². The second-order valence-corrected chi connectivity index (χ2v) is 7.48. The van der Waals surface area contributed by atoms with Gasteiger partial charge < -0.3 is 5.32 Å². The number of rotatable bonds is 3. The van der Waals surface area contributed by atoms with Crippen LogP contribution >= 0.6 is 0 Å². The molecule has 1 saturated heterocycles. The lowest BCUT2D eigenvalue weighted by molar-refractivity contribution is 0.102. The summed E-state index contributed by atoms with van der Waals surface area (Å²) in [5.74, 6) is -5.54. The maximum atomic E-state index is 13.6. The van der Waals surface area contributed by atoms with Gasteiger partial charge >= 0.3 is 0 Å². The van der Waals surface area contributed by atoms with Gasteiger partial charge in [-0.2, -0.15) is 0 Å². The molecule has 5 nitrogen and oxygen atoms in total. The Bertz CT molecular complexity index is 930. The number of sulfonamides is 1. The first-order valence-corrected chi connectivity index (χ1v) is 8.96. The van der Waals surface area contributed by atoms with Crippen molar-refractivity contribution >= 4 is 27.3 Å². The Balaban J connectivity index is 1.78. The number of carbonyl (C=O) groups excluding carboxylic acids is 1. The summed E-state index contributed by atoms with van der Waals surface area (Å²) in [5.41, 5.74) is 0.0779. The first-order chi connectivity index (χ1) is 11.8. The molecule has 0 radical (unpaired) electrons. The summed E-state index contributed by atoms with van der Waals surface area (Å²) in [5, 5.41) is 2.35. The second kappa shape index (κ2) is 6.40. The molecule has 1 heterocycles. The van der Waals surface area contributed by atoms with Crippen LogP contribution in [0.15, 0.2) is 36.4 Å². The molecule has 0 aromatic heterocycles. The van der Waals surface area contributed by atoms with Crippen molar-refractivity contribution in [3.05, 3.63) is 59.4 Å². The van der Waals surface area contributed by atoms with Gasteiger partial charge in [-0.15, -0.1) is 0 Å². The molecule has 1 aliphatic rings. The van der Waals surface area contributed by atoms with Gasteiger partial charge in [0, 0.05) is 12.2 Å². The molecule has 1 N–H and O–H groups in total. The third-order valence-corrected chi connectivity index (χ3v) is 5.66. The molecule has 25 heavy (non-hydrogen) atoms. The number of nitrogens with one attached hydrogen (secondary N) is 1. The lowest BCUT2D eigenvalue weighted by Gasteiger charge is -2.17. The number of hydrogen-bond donors (Lipinski definition) is 1. The van der Waals surface area contributed by atoms with Crippen LogP contribution in [-0.4, -0.2) is 26.6 Å². The summed E-state index contributed by atoms with van der Waals surface area (Å²) in [6, 6.07) is 7.39. The second-order valence-electron chi connectivity index (χ2n) is 5.47. The number of carbonyl (C=O) groups is 1. The smallest absolute Gasteiger partial charge is 0.258 e. The van der Waals surface area contributed by atoms with Crippen LogP contribution in [0.25, 0.3) is 0 Å². The summed E-state index contributed by atoms with van der Waals surface area (Å²) in [6.07, 6.45) is 0.538. The zero-order valence-corrected chi connectivity index (χ0v) is 13.6. The zero-order chi connectivity index (χ0) is 18.2. The van der Waals surface area contributed by atoms with Crippen molar-refractivity contribution in [3.63, 3.8) is 0 Å². The lowest BCUT2D eigenvalue weighted by Crippen LogP contribution is -2.25. The van der Waals surface area contributed by atoms with Crippen LogP contribution in [-0.2, 0) is 10.0 Å². The summed E-state index contributed by atoms with van der Waals surface area (Å²) in [7, 11) is -3.31. The van der Waals surface area contributed by atoms with Crippen molar-refractivity contribution in [1.29, 1.82) is 0 Å².